The van der Waals surface area contributed by atoms with Gasteiger partial charge in [-0.1, -0.05) is 24.8 Å². The van der Waals surface area contributed by atoms with Gasteiger partial charge in [0.2, 0.25) is 0 Å². The molecule has 2 heteroatoms. The molecule has 0 saturated heterocycles. The molecule has 1 aromatic carbocycles. The summed E-state index contributed by atoms with van der Waals surface area (Å²) in [6.07, 6.45) is 6.49. The molecule has 1 aliphatic rings. The van der Waals surface area contributed by atoms with Crippen molar-refractivity contribution in [2.45, 2.75) is 45.1 Å². The molecule has 0 spiro atoms. The first-order valence-corrected chi connectivity index (χ1v) is 8.84. The van der Waals surface area contributed by atoms with Crippen molar-refractivity contribution in [3.05, 3.63) is 41.3 Å². The number of hydrogen-bond donors (Lipinski definition) is 1. The first kappa shape index (κ1) is 14.8. The van der Waals surface area contributed by atoms with Crippen LogP contribution < -0.4 is 5.32 Å². The number of rotatable bonds is 4. The number of aryl methyl sites for hydroxylation is 1. The van der Waals surface area contributed by atoms with E-state index >= 15 is 0 Å². The summed E-state index contributed by atoms with van der Waals surface area (Å²) in [5.41, 5.74) is 2.77. The Morgan fingerprint density at radius 1 is 1.24 bits per heavy atom. The third-order valence-electron chi connectivity index (χ3n) is 4.95. The molecule has 0 atom stereocenters. The second-order valence-electron chi connectivity index (χ2n) is 6.37. The molecule has 1 saturated carbocycles. The van der Waals surface area contributed by atoms with Crippen LogP contribution in [0, 0.1) is 12.8 Å². The molecule has 3 rings (SSSR count). The second kappa shape index (κ2) is 6.33. The van der Waals surface area contributed by atoms with Gasteiger partial charge in [-0.2, -0.15) is 0 Å². The normalized spacial score (nSPS) is 22.6. The Hall–Kier alpha value is -1.12. The molecular formula is C19H25NS. The molecule has 0 unspecified atom stereocenters. The van der Waals surface area contributed by atoms with Gasteiger partial charge >= 0.3 is 0 Å². The topological polar surface area (TPSA) is 12.0 Å². The monoisotopic (exact) mass is 299 g/mol. The van der Waals surface area contributed by atoms with Crippen molar-refractivity contribution < 1.29 is 0 Å². The number of thiophene rings is 1. The first-order valence-electron chi connectivity index (χ1n) is 8.02. The maximum absolute atomic E-state index is 4.41. The van der Waals surface area contributed by atoms with Crippen LogP contribution in [0.3, 0.4) is 0 Å². The van der Waals surface area contributed by atoms with Gasteiger partial charge in [0.25, 0.3) is 0 Å². The lowest BCUT2D eigenvalue weighted by atomic mass is 9.82. The smallest absolute Gasteiger partial charge is 0.0352 e. The minimum Gasteiger partial charge on any atom is -0.317 e. The fourth-order valence-electron chi connectivity index (χ4n) is 3.61. The van der Waals surface area contributed by atoms with E-state index in [1.165, 1.54) is 58.2 Å². The minimum absolute atomic E-state index is 0.737. The molecule has 1 nitrogen and oxygen atoms in total. The maximum Gasteiger partial charge on any atom is 0.0352 e. The van der Waals surface area contributed by atoms with Crippen LogP contribution >= 0.6 is 11.3 Å². The van der Waals surface area contributed by atoms with E-state index in [0.717, 1.165) is 12.0 Å². The molecule has 0 amide bonds. The number of hydrogen-bond acceptors (Lipinski definition) is 2. The van der Waals surface area contributed by atoms with Crippen LogP contribution in [0.5, 0.6) is 0 Å². The minimum atomic E-state index is 0.737. The SMILES string of the molecule is C=C(CC1CCC(NC)CC1)c1sc2ccccc2c1C. The third-order valence-corrected chi connectivity index (χ3v) is 6.33. The van der Waals surface area contributed by atoms with Gasteiger partial charge in [-0.05, 0) is 74.6 Å². The molecule has 0 aliphatic heterocycles. The van der Waals surface area contributed by atoms with Crippen LogP contribution in [-0.2, 0) is 0 Å². The summed E-state index contributed by atoms with van der Waals surface area (Å²) in [5.74, 6) is 0.826. The van der Waals surface area contributed by atoms with Gasteiger partial charge in [0.05, 0.1) is 0 Å². The Bertz CT molecular complexity index is 632. The summed E-state index contributed by atoms with van der Waals surface area (Å²) in [6, 6.07) is 9.45. The van der Waals surface area contributed by atoms with E-state index in [0.29, 0.717) is 0 Å². The Labute approximate surface area is 132 Å². The van der Waals surface area contributed by atoms with Crippen LogP contribution in [0.25, 0.3) is 15.7 Å². The summed E-state index contributed by atoms with van der Waals surface area (Å²) in [4.78, 5) is 1.42. The zero-order chi connectivity index (χ0) is 14.8. The molecular weight excluding hydrogens is 274 g/mol. The molecule has 1 aromatic heterocycles. The summed E-state index contributed by atoms with van der Waals surface area (Å²) in [7, 11) is 2.09. The number of benzene rings is 1. The van der Waals surface area contributed by atoms with Crippen molar-refractivity contribution in [2.24, 2.45) is 5.92 Å². The summed E-state index contributed by atoms with van der Waals surface area (Å²) in [6.45, 7) is 6.66. The van der Waals surface area contributed by atoms with Crippen molar-refractivity contribution in [3.8, 4) is 0 Å². The Kier molecular flexibility index (Phi) is 4.46. The molecule has 2 aromatic rings. The standard InChI is InChI=1S/C19H25NS/c1-13(12-15-8-10-16(20-3)11-9-15)19-14(2)17-6-4-5-7-18(17)21-19/h4-7,15-16,20H,1,8-12H2,2-3H3. The van der Waals surface area contributed by atoms with E-state index in [1.807, 2.05) is 11.3 Å². The molecule has 1 aliphatic carbocycles. The molecule has 0 radical (unpaired) electrons. The molecule has 112 valence electrons. The van der Waals surface area contributed by atoms with Crippen LogP contribution in [0.2, 0.25) is 0 Å². The van der Waals surface area contributed by atoms with E-state index in [1.54, 1.807) is 0 Å². The first-order chi connectivity index (χ1) is 10.2. The van der Waals surface area contributed by atoms with Crippen molar-refractivity contribution in [1.29, 1.82) is 0 Å². The molecule has 1 fully saturated rings. The average molecular weight is 299 g/mol. The highest BCUT2D eigenvalue weighted by atomic mass is 32.1. The number of fused-ring (bicyclic) bond motifs is 1. The fourth-order valence-corrected chi connectivity index (χ4v) is 4.80. The van der Waals surface area contributed by atoms with Crippen molar-refractivity contribution in [2.75, 3.05) is 7.05 Å². The van der Waals surface area contributed by atoms with Crippen molar-refractivity contribution >= 4 is 27.0 Å². The van der Waals surface area contributed by atoms with Gasteiger partial charge in [0.1, 0.15) is 0 Å². The highest BCUT2D eigenvalue weighted by molar-refractivity contribution is 7.20. The summed E-state index contributed by atoms with van der Waals surface area (Å²) >= 11 is 1.91. The van der Waals surface area contributed by atoms with Crippen molar-refractivity contribution in [3.63, 3.8) is 0 Å². The van der Waals surface area contributed by atoms with Gasteiger partial charge in [-0.25, -0.2) is 0 Å². The fraction of sp³-hybridized carbons (Fsp3) is 0.474. The Balaban J connectivity index is 1.71. The second-order valence-corrected chi connectivity index (χ2v) is 7.42. The lowest BCUT2D eigenvalue weighted by Gasteiger charge is -2.28. The van der Waals surface area contributed by atoms with Crippen molar-refractivity contribution in [1.82, 2.24) is 5.32 Å². The molecule has 0 bridgehead atoms. The quantitative estimate of drug-likeness (QED) is 0.798. The van der Waals surface area contributed by atoms with E-state index in [-0.39, 0.29) is 0 Å². The predicted molar refractivity (Wildman–Crippen MR) is 95.0 cm³/mol. The van der Waals surface area contributed by atoms with Gasteiger partial charge < -0.3 is 5.32 Å². The zero-order valence-electron chi connectivity index (χ0n) is 13.1. The Morgan fingerprint density at radius 2 is 1.95 bits per heavy atom. The average Bonchev–Trinajstić information content (AvgIpc) is 2.86. The summed E-state index contributed by atoms with van der Waals surface area (Å²) < 4.78 is 1.39. The van der Waals surface area contributed by atoms with E-state index < -0.39 is 0 Å². The number of nitrogens with one attached hydrogen (secondary N) is 1. The third kappa shape index (κ3) is 3.07. The molecule has 21 heavy (non-hydrogen) atoms. The van der Waals surface area contributed by atoms with E-state index in [4.69, 9.17) is 0 Å². The highest BCUT2D eigenvalue weighted by Gasteiger charge is 2.21. The zero-order valence-corrected chi connectivity index (χ0v) is 13.9. The molecule has 1 heterocycles. The highest BCUT2D eigenvalue weighted by Crippen LogP contribution is 2.39. The van der Waals surface area contributed by atoms with Gasteiger partial charge in [-0.3, -0.25) is 0 Å². The van der Waals surface area contributed by atoms with E-state index in [9.17, 15) is 0 Å². The lowest BCUT2D eigenvalue weighted by molar-refractivity contribution is 0.306. The lowest BCUT2D eigenvalue weighted by Crippen LogP contribution is -2.30. The van der Waals surface area contributed by atoms with Gasteiger partial charge in [-0.15, -0.1) is 11.3 Å². The van der Waals surface area contributed by atoms with Gasteiger partial charge in [0, 0.05) is 15.6 Å². The van der Waals surface area contributed by atoms with Gasteiger partial charge in [0.15, 0.2) is 0 Å². The largest absolute Gasteiger partial charge is 0.317 e. The predicted octanol–water partition coefficient (Wildman–Crippen LogP) is 5.39. The Morgan fingerprint density at radius 3 is 2.62 bits per heavy atom. The summed E-state index contributed by atoms with van der Waals surface area (Å²) in [5, 5.41) is 4.82. The van der Waals surface area contributed by atoms with E-state index in [2.05, 4.69) is 50.1 Å². The maximum atomic E-state index is 4.41. The van der Waals surface area contributed by atoms with Crippen LogP contribution in [0.1, 0.15) is 42.5 Å². The number of allylic oxidation sites excluding steroid dienone is 1. The van der Waals surface area contributed by atoms with Crippen LogP contribution in [0.15, 0.2) is 30.8 Å². The van der Waals surface area contributed by atoms with Crippen LogP contribution in [0.4, 0.5) is 0 Å². The molecule has 1 N–H and O–H groups in total. The van der Waals surface area contributed by atoms with Crippen LogP contribution in [-0.4, -0.2) is 13.1 Å².